The van der Waals surface area contributed by atoms with Crippen LogP contribution in [0.4, 0.5) is 0 Å². The summed E-state index contributed by atoms with van der Waals surface area (Å²) in [5.41, 5.74) is 0. The fourth-order valence-corrected chi connectivity index (χ4v) is 4.14. The van der Waals surface area contributed by atoms with Crippen LogP contribution in [0.2, 0.25) is 0 Å². The van der Waals surface area contributed by atoms with E-state index in [0.717, 1.165) is 57.8 Å². The molecule has 2 atom stereocenters. The van der Waals surface area contributed by atoms with Crippen LogP contribution in [0, 0.1) is 5.92 Å². The topological polar surface area (TPSA) is 125 Å². The third-order valence-corrected chi connectivity index (χ3v) is 6.69. The van der Waals surface area contributed by atoms with Crippen LogP contribution in [0.15, 0.2) is 0 Å². The maximum atomic E-state index is 12.8. The van der Waals surface area contributed by atoms with Crippen molar-refractivity contribution >= 4 is 23.7 Å². The van der Waals surface area contributed by atoms with Crippen molar-refractivity contribution < 1.29 is 24.3 Å². The Balaban J connectivity index is 4.40. The SMILES string of the molecule is CCCCCCCC(=O)NCCCC[C@H](NC(=O)CCCCCCC)C(=O)NCCCCC(C)C(=O)O. The maximum Gasteiger partial charge on any atom is 0.306 e. The van der Waals surface area contributed by atoms with Crippen molar-refractivity contribution in [1.29, 1.82) is 0 Å². The van der Waals surface area contributed by atoms with Gasteiger partial charge in [-0.3, -0.25) is 19.2 Å². The molecule has 0 saturated carbocycles. The van der Waals surface area contributed by atoms with Gasteiger partial charge in [0, 0.05) is 25.9 Å². The molecule has 0 aliphatic heterocycles. The van der Waals surface area contributed by atoms with E-state index < -0.39 is 12.0 Å². The Morgan fingerprint density at radius 1 is 0.622 bits per heavy atom. The number of hydrogen-bond acceptors (Lipinski definition) is 4. The molecule has 8 heteroatoms. The fourth-order valence-electron chi connectivity index (χ4n) is 4.14. The van der Waals surface area contributed by atoms with Gasteiger partial charge < -0.3 is 21.1 Å². The number of carbonyl (C=O) groups is 4. The standard InChI is InChI=1S/C29H55N3O5/c1-4-6-8-10-12-20-26(33)30-22-17-15-19-25(32-27(34)21-13-11-9-7-5-2)28(35)31-23-16-14-18-24(3)29(36)37/h24-25H,4-23H2,1-3H3,(H,30,33)(H,31,35)(H,32,34)(H,36,37)/t24?,25-/m0/s1. The van der Waals surface area contributed by atoms with Gasteiger partial charge in [0.25, 0.3) is 0 Å². The highest BCUT2D eigenvalue weighted by atomic mass is 16.4. The summed E-state index contributed by atoms with van der Waals surface area (Å²) >= 11 is 0. The average molecular weight is 526 g/mol. The number of hydrogen-bond donors (Lipinski definition) is 4. The predicted molar refractivity (Wildman–Crippen MR) is 149 cm³/mol. The zero-order chi connectivity index (χ0) is 27.7. The second-order valence-corrected chi connectivity index (χ2v) is 10.3. The Hall–Kier alpha value is -2.12. The van der Waals surface area contributed by atoms with E-state index in [0.29, 0.717) is 45.2 Å². The van der Waals surface area contributed by atoms with Gasteiger partial charge in [-0.2, -0.15) is 0 Å². The smallest absolute Gasteiger partial charge is 0.306 e. The molecule has 216 valence electrons. The van der Waals surface area contributed by atoms with Crippen LogP contribution in [-0.4, -0.2) is 47.9 Å². The minimum Gasteiger partial charge on any atom is -0.481 e. The molecule has 0 heterocycles. The lowest BCUT2D eigenvalue weighted by Crippen LogP contribution is -2.47. The van der Waals surface area contributed by atoms with Crippen molar-refractivity contribution in [2.45, 2.75) is 142 Å². The summed E-state index contributed by atoms with van der Waals surface area (Å²) in [6, 6.07) is -0.588. The van der Waals surface area contributed by atoms with Crippen molar-refractivity contribution in [3.05, 3.63) is 0 Å². The third-order valence-electron chi connectivity index (χ3n) is 6.69. The Labute approximate surface area is 225 Å². The molecule has 0 aliphatic carbocycles. The van der Waals surface area contributed by atoms with Gasteiger partial charge in [-0.1, -0.05) is 78.6 Å². The highest BCUT2D eigenvalue weighted by Crippen LogP contribution is 2.09. The van der Waals surface area contributed by atoms with Crippen LogP contribution in [0.25, 0.3) is 0 Å². The molecule has 0 saturated heterocycles. The van der Waals surface area contributed by atoms with E-state index in [1.807, 2.05) is 0 Å². The summed E-state index contributed by atoms with van der Waals surface area (Å²) < 4.78 is 0. The van der Waals surface area contributed by atoms with Gasteiger partial charge in [-0.05, 0) is 44.9 Å². The summed E-state index contributed by atoms with van der Waals surface area (Å²) in [6.45, 7) is 7.05. The van der Waals surface area contributed by atoms with Crippen molar-refractivity contribution in [1.82, 2.24) is 16.0 Å². The summed E-state index contributed by atoms with van der Waals surface area (Å²) in [4.78, 5) is 48.1. The van der Waals surface area contributed by atoms with E-state index in [4.69, 9.17) is 5.11 Å². The van der Waals surface area contributed by atoms with Gasteiger partial charge in [0.1, 0.15) is 6.04 Å². The number of carboxylic acids is 1. The van der Waals surface area contributed by atoms with Gasteiger partial charge in [0.05, 0.1) is 5.92 Å². The Bertz CT molecular complexity index is 627. The summed E-state index contributed by atoms with van der Waals surface area (Å²) in [5, 5.41) is 17.7. The monoisotopic (exact) mass is 525 g/mol. The van der Waals surface area contributed by atoms with Crippen LogP contribution in [0.5, 0.6) is 0 Å². The van der Waals surface area contributed by atoms with Crippen molar-refractivity contribution in [3.63, 3.8) is 0 Å². The molecule has 0 fully saturated rings. The third kappa shape index (κ3) is 21.7. The zero-order valence-electron chi connectivity index (χ0n) is 23.9. The number of rotatable bonds is 25. The first-order chi connectivity index (χ1) is 17.8. The Morgan fingerprint density at radius 2 is 1.14 bits per heavy atom. The number of amides is 3. The lowest BCUT2D eigenvalue weighted by Gasteiger charge is -2.19. The minimum absolute atomic E-state index is 0.0828. The maximum absolute atomic E-state index is 12.8. The predicted octanol–water partition coefficient (Wildman–Crippen LogP) is 5.49. The molecule has 0 aromatic carbocycles. The molecule has 0 aliphatic rings. The van der Waals surface area contributed by atoms with E-state index in [1.54, 1.807) is 6.92 Å². The Morgan fingerprint density at radius 3 is 1.70 bits per heavy atom. The average Bonchev–Trinajstić information content (AvgIpc) is 2.86. The quantitative estimate of drug-likeness (QED) is 0.117. The molecule has 8 nitrogen and oxygen atoms in total. The van der Waals surface area contributed by atoms with Crippen molar-refractivity contribution in [3.8, 4) is 0 Å². The number of unbranched alkanes of at least 4 members (excludes halogenated alkanes) is 10. The van der Waals surface area contributed by atoms with Crippen molar-refractivity contribution in [2.75, 3.05) is 13.1 Å². The summed E-state index contributed by atoms with van der Waals surface area (Å²) in [7, 11) is 0. The molecular weight excluding hydrogens is 470 g/mol. The van der Waals surface area contributed by atoms with E-state index in [2.05, 4.69) is 29.8 Å². The molecule has 0 aromatic rings. The van der Waals surface area contributed by atoms with E-state index in [1.165, 1.54) is 25.7 Å². The molecule has 3 amide bonds. The van der Waals surface area contributed by atoms with E-state index >= 15 is 0 Å². The summed E-state index contributed by atoms with van der Waals surface area (Å²) in [5.74, 6) is -1.39. The van der Waals surface area contributed by atoms with E-state index in [-0.39, 0.29) is 23.6 Å². The molecule has 0 aromatic heterocycles. The first-order valence-electron chi connectivity index (χ1n) is 14.9. The van der Waals surface area contributed by atoms with Crippen LogP contribution in [-0.2, 0) is 19.2 Å². The highest BCUT2D eigenvalue weighted by Gasteiger charge is 2.20. The largest absolute Gasteiger partial charge is 0.481 e. The van der Waals surface area contributed by atoms with Gasteiger partial charge >= 0.3 is 5.97 Å². The molecular formula is C29H55N3O5. The molecule has 0 spiro atoms. The number of nitrogens with one attached hydrogen (secondary N) is 3. The normalized spacial score (nSPS) is 12.5. The second-order valence-electron chi connectivity index (χ2n) is 10.3. The first kappa shape index (κ1) is 34.9. The highest BCUT2D eigenvalue weighted by molar-refractivity contribution is 5.87. The Kier molecular flexibility index (Phi) is 22.8. The van der Waals surface area contributed by atoms with Crippen LogP contribution >= 0.6 is 0 Å². The molecule has 4 N–H and O–H groups in total. The van der Waals surface area contributed by atoms with Crippen LogP contribution < -0.4 is 16.0 Å². The zero-order valence-corrected chi connectivity index (χ0v) is 23.9. The lowest BCUT2D eigenvalue weighted by molar-refractivity contribution is -0.141. The number of carboxylic acid groups (broad SMARTS) is 1. The summed E-state index contributed by atoms with van der Waals surface area (Å²) in [6.07, 6.45) is 15.9. The molecule has 0 bridgehead atoms. The first-order valence-corrected chi connectivity index (χ1v) is 14.9. The van der Waals surface area contributed by atoms with Gasteiger partial charge in [0.15, 0.2) is 0 Å². The number of aliphatic carboxylic acids is 1. The number of carbonyl (C=O) groups excluding carboxylic acids is 3. The van der Waals surface area contributed by atoms with E-state index in [9.17, 15) is 19.2 Å². The van der Waals surface area contributed by atoms with Gasteiger partial charge in [-0.25, -0.2) is 0 Å². The molecule has 0 radical (unpaired) electrons. The van der Waals surface area contributed by atoms with Crippen molar-refractivity contribution in [2.24, 2.45) is 5.92 Å². The minimum atomic E-state index is -0.801. The molecule has 1 unspecified atom stereocenters. The van der Waals surface area contributed by atoms with Gasteiger partial charge in [-0.15, -0.1) is 0 Å². The van der Waals surface area contributed by atoms with Crippen LogP contribution in [0.1, 0.15) is 136 Å². The second kappa shape index (κ2) is 24.2. The van der Waals surface area contributed by atoms with Gasteiger partial charge in [0.2, 0.25) is 17.7 Å². The molecule has 37 heavy (non-hydrogen) atoms. The molecule has 0 rings (SSSR count). The fraction of sp³-hybridized carbons (Fsp3) is 0.862. The van der Waals surface area contributed by atoms with Crippen LogP contribution in [0.3, 0.4) is 0 Å². The lowest BCUT2D eigenvalue weighted by atomic mass is 10.0.